The summed E-state index contributed by atoms with van der Waals surface area (Å²) < 4.78 is 0. The lowest BCUT2D eigenvalue weighted by Crippen LogP contribution is -2.35. The first-order valence-electron chi connectivity index (χ1n) is 6.81. The summed E-state index contributed by atoms with van der Waals surface area (Å²) in [6, 6.07) is 7.49. The van der Waals surface area contributed by atoms with Gasteiger partial charge < -0.3 is 10.0 Å². The van der Waals surface area contributed by atoms with Crippen LogP contribution >= 0.6 is 11.3 Å². The maximum absolute atomic E-state index is 12.4. The number of nitrogens with one attached hydrogen (secondary N) is 1. The molecule has 112 valence electrons. The van der Waals surface area contributed by atoms with Gasteiger partial charge >= 0.3 is 6.03 Å². The molecule has 0 aliphatic heterocycles. The van der Waals surface area contributed by atoms with Crippen LogP contribution in [0, 0.1) is 6.92 Å². The molecule has 0 aromatic carbocycles. The number of anilines is 1. The zero-order valence-electron chi connectivity index (χ0n) is 12.0. The van der Waals surface area contributed by atoms with Gasteiger partial charge in [-0.05, 0) is 43.2 Å². The van der Waals surface area contributed by atoms with Crippen molar-refractivity contribution in [2.45, 2.75) is 19.9 Å². The topological polar surface area (TPSA) is 65.5 Å². The third kappa shape index (κ3) is 4.84. The SMILES string of the molecule is Cc1ccc(NC(=O)N(CCCO)Cc2ccncc2)s1. The van der Waals surface area contributed by atoms with Crippen LogP contribution in [0.25, 0.3) is 0 Å². The molecule has 0 unspecified atom stereocenters. The zero-order valence-corrected chi connectivity index (χ0v) is 12.8. The molecule has 0 saturated heterocycles. The molecule has 0 aliphatic rings. The summed E-state index contributed by atoms with van der Waals surface area (Å²) in [4.78, 5) is 19.2. The van der Waals surface area contributed by atoms with E-state index in [-0.39, 0.29) is 12.6 Å². The summed E-state index contributed by atoms with van der Waals surface area (Å²) in [5, 5.41) is 12.7. The Hall–Kier alpha value is -1.92. The number of rotatable bonds is 6. The van der Waals surface area contributed by atoms with Gasteiger partial charge in [-0.3, -0.25) is 10.3 Å². The number of thiophene rings is 1. The van der Waals surface area contributed by atoms with E-state index in [1.165, 1.54) is 0 Å². The summed E-state index contributed by atoms with van der Waals surface area (Å²) in [6.07, 6.45) is 3.97. The molecule has 5 nitrogen and oxygen atoms in total. The lowest BCUT2D eigenvalue weighted by Gasteiger charge is -2.22. The van der Waals surface area contributed by atoms with E-state index in [1.807, 2.05) is 31.2 Å². The van der Waals surface area contributed by atoms with Crippen molar-refractivity contribution >= 4 is 22.4 Å². The van der Waals surface area contributed by atoms with Crippen LogP contribution in [0.1, 0.15) is 16.9 Å². The fraction of sp³-hybridized carbons (Fsp3) is 0.333. The van der Waals surface area contributed by atoms with E-state index in [0.717, 1.165) is 15.4 Å². The first kappa shape index (κ1) is 15.5. The molecule has 2 rings (SSSR count). The predicted octanol–water partition coefficient (Wildman–Crippen LogP) is 2.87. The van der Waals surface area contributed by atoms with Gasteiger partial charge in [0.15, 0.2) is 0 Å². The van der Waals surface area contributed by atoms with Crippen LogP contribution in [0.15, 0.2) is 36.7 Å². The number of pyridine rings is 1. The average molecular weight is 305 g/mol. The van der Waals surface area contributed by atoms with E-state index >= 15 is 0 Å². The molecule has 0 bridgehead atoms. The molecule has 2 aromatic rings. The zero-order chi connectivity index (χ0) is 15.1. The highest BCUT2D eigenvalue weighted by molar-refractivity contribution is 7.16. The lowest BCUT2D eigenvalue weighted by atomic mass is 10.2. The Labute approximate surface area is 128 Å². The second kappa shape index (κ2) is 7.75. The third-order valence-corrected chi connectivity index (χ3v) is 3.88. The molecular weight excluding hydrogens is 286 g/mol. The Kier molecular flexibility index (Phi) is 5.71. The first-order chi connectivity index (χ1) is 10.2. The number of hydrogen-bond donors (Lipinski definition) is 2. The average Bonchev–Trinajstić information content (AvgIpc) is 2.89. The van der Waals surface area contributed by atoms with E-state index < -0.39 is 0 Å². The molecular formula is C15H19N3O2S. The second-order valence-electron chi connectivity index (χ2n) is 4.69. The number of aryl methyl sites for hydroxylation is 1. The van der Waals surface area contributed by atoms with Gasteiger partial charge in [0.2, 0.25) is 0 Å². The predicted molar refractivity (Wildman–Crippen MR) is 84.4 cm³/mol. The Bertz CT molecular complexity index is 571. The molecule has 2 N–H and O–H groups in total. The van der Waals surface area contributed by atoms with Gasteiger partial charge in [-0.1, -0.05) is 0 Å². The summed E-state index contributed by atoms with van der Waals surface area (Å²) in [5.74, 6) is 0. The van der Waals surface area contributed by atoms with Gasteiger partial charge in [-0.2, -0.15) is 0 Å². The maximum Gasteiger partial charge on any atom is 0.322 e. The van der Waals surface area contributed by atoms with E-state index in [0.29, 0.717) is 19.5 Å². The van der Waals surface area contributed by atoms with Crippen molar-refractivity contribution in [2.24, 2.45) is 0 Å². The van der Waals surface area contributed by atoms with Crippen LogP contribution in [-0.4, -0.2) is 34.2 Å². The smallest absolute Gasteiger partial charge is 0.322 e. The standard InChI is InChI=1S/C15H19N3O2S/c1-12-3-4-14(21-12)17-15(20)18(9-2-10-19)11-13-5-7-16-8-6-13/h3-8,19H,2,9-11H2,1H3,(H,17,20). The number of aliphatic hydroxyl groups is 1. The third-order valence-electron chi connectivity index (χ3n) is 2.97. The van der Waals surface area contributed by atoms with Crippen molar-refractivity contribution in [2.75, 3.05) is 18.5 Å². The van der Waals surface area contributed by atoms with Crippen molar-refractivity contribution in [3.05, 3.63) is 47.1 Å². The van der Waals surface area contributed by atoms with E-state index in [9.17, 15) is 4.79 Å². The summed E-state index contributed by atoms with van der Waals surface area (Å²) in [6.45, 7) is 3.08. The van der Waals surface area contributed by atoms with Crippen molar-refractivity contribution in [3.8, 4) is 0 Å². The van der Waals surface area contributed by atoms with E-state index in [4.69, 9.17) is 5.11 Å². The van der Waals surface area contributed by atoms with E-state index in [1.54, 1.807) is 28.6 Å². The minimum atomic E-state index is -0.151. The second-order valence-corrected chi connectivity index (χ2v) is 5.98. The molecule has 0 atom stereocenters. The first-order valence-corrected chi connectivity index (χ1v) is 7.63. The molecule has 2 amide bonds. The molecule has 21 heavy (non-hydrogen) atoms. The van der Waals surface area contributed by atoms with Gasteiger partial charge in [-0.25, -0.2) is 4.79 Å². The van der Waals surface area contributed by atoms with Gasteiger partial charge in [0, 0.05) is 37.0 Å². The minimum Gasteiger partial charge on any atom is -0.396 e. The highest BCUT2D eigenvalue weighted by Gasteiger charge is 2.14. The molecule has 2 aromatic heterocycles. The van der Waals surface area contributed by atoms with Gasteiger partial charge in [0.1, 0.15) is 0 Å². The number of aromatic nitrogens is 1. The fourth-order valence-electron chi connectivity index (χ4n) is 1.91. The lowest BCUT2D eigenvalue weighted by molar-refractivity contribution is 0.199. The number of urea groups is 1. The van der Waals surface area contributed by atoms with Crippen LogP contribution in [-0.2, 0) is 6.54 Å². The number of aliphatic hydroxyl groups excluding tert-OH is 1. The Balaban J connectivity index is 2.02. The number of carbonyl (C=O) groups is 1. The van der Waals surface area contributed by atoms with Crippen molar-refractivity contribution in [1.82, 2.24) is 9.88 Å². The van der Waals surface area contributed by atoms with Crippen LogP contribution < -0.4 is 5.32 Å². The summed E-state index contributed by atoms with van der Waals surface area (Å²) in [5.41, 5.74) is 1.01. The quantitative estimate of drug-likeness (QED) is 0.862. The molecule has 0 spiro atoms. The summed E-state index contributed by atoms with van der Waals surface area (Å²) in [7, 11) is 0. The largest absolute Gasteiger partial charge is 0.396 e. The van der Waals surface area contributed by atoms with Crippen molar-refractivity contribution in [1.29, 1.82) is 0 Å². The normalized spacial score (nSPS) is 10.4. The van der Waals surface area contributed by atoms with Crippen molar-refractivity contribution in [3.63, 3.8) is 0 Å². The summed E-state index contributed by atoms with van der Waals surface area (Å²) >= 11 is 1.55. The van der Waals surface area contributed by atoms with Crippen LogP contribution in [0.5, 0.6) is 0 Å². The number of hydrogen-bond acceptors (Lipinski definition) is 4. The minimum absolute atomic E-state index is 0.0677. The molecule has 0 radical (unpaired) electrons. The maximum atomic E-state index is 12.4. The van der Waals surface area contributed by atoms with Gasteiger partial charge in [-0.15, -0.1) is 11.3 Å². The van der Waals surface area contributed by atoms with Crippen molar-refractivity contribution < 1.29 is 9.90 Å². The molecule has 6 heteroatoms. The Morgan fingerprint density at radius 3 is 2.71 bits per heavy atom. The highest BCUT2D eigenvalue weighted by Crippen LogP contribution is 2.21. The fourth-order valence-corrected chi connectivity index (χ4v) is 2.67. The van der Waals surface area contributed by atoms with Crippen LogP contribution in [0.2, 0.25) is 0 Å². The Morgan fingerprint density at radius 1 is 1.33 bits per heavy atom. The number of carbonyl (C=O) groups excluding carboxylic acids is 1. The van der Waals surface area contributed by atoms with Gasteiger partial charge in [0.05, 0.1) is 5.00 Å². The Morgan fingerprint density at radius 2 is 2.10 bits per heavy atom. The monoisotopic (exact) mass is 305 g/mol. The van der Waals surface area contributed by atoms with Gasteiger partial charge in [0.25, 0.3) is 0 Å². The molecule has 0 saturated carbocycles. The molecule has 0 fully saturated rings. The van der Waals surface area contributed by atoms with Crippen LogP contribution in [0.3, 0.4) is 0 Å². The number of nitrogens with zero attached hydrogens (tertiary/aromatic N) is 2. The van der Waals surface area contributed by atoms with E-state index in [2.05, 4.69) is 10.3 Å². The molecule has 0 aliphatic carbocycles. The number of amides is 2. The molecule has 2 heterocycles. The highest BCUT2D eigenvalue weighted by atomic mass is 32.1. The van der Waals surface area contributed by atoms with Crippen LogP contribution in [0.4, 0.5) is 9.80 Å².